The summed E-state index contributed by atoms with van der Waals surface area (Å²) in [5, 5.41) is 20.4. The number of nitrogens with one attached hydrogen (secondary N) is 1. The predicted molar refractivity (Wildman–Crippen MR) is 55.4 cm³/mol. The smallest absolute Gasteiger partial charge is 0.252 e. The summed E-state index contributed by atoms with van der Waals surface area (Å²) in [6.07, 6.45) is 0. The van der Waals surface area contributed by atoms with E-state index >= 15 is 0 Å². The van der Waals surface area contributed by atoms with Gasteiger partial charge in [0.2, 0.25) is 0 Å². The summed E-state index contributed by atoms with van der Waals surface area (Å²) in [7, 11) is 0. The Morgan fingerprint density at radius 3 is 2.80 bits per heavy atom. The molecular formula is C11H12N2O2. The van der Waals surface area contributed by atoms with Gasteiger partial charge in [-0.25, -0.2) is 0 Å². The molecule has 0 saturated heterocycles. The molecule has 0 heterocycles. The van der Waals surface area contributed by atoms with Crippen LogP contribution in [0.25, 0.3) is 0 Å². The number of hydrogen-bond donors (Lipinski definition) is 2. The molecule has 1 atom stereocenters. The molecule has 0 aliphatic heterocycles. The van der Waals surface area contributed by atoms with E-state index < -0.39 is 6.04 Å². The van der Waals surface area contributed by atoms with E-state index in [0.717, 1.165) is 0 Å². The number of aromatic hydroxyl groups is 1. The topological polar surface area (TPSA) is 73.1 Å². The van der Waals surface area contributed by atoms with Gasteiger partial charge in [0, 0.05) is 5.56 Å². The largest absolute Gasteiger partial charge is 0.508 e. The van der Waals surface area contributed by atoms with Gasteiger partial charge in [-0.1, -0.05) is 6.07 Å². The minimum Gasteiger partial charge on any atom is -0.508 e. The third kappa shape index (κ3) is 2.71. The quantitative estimate of drug-likeness (QED) is 0.763. The maximum Gasteiger partial charge on any atom is 0.252 e. The molecule has 0 radical (unpaired) electrons. The molecule has 1 aromatic carbocycles. The van der Waals surface area contributed by atoms with Gasteiger partial charge in [0.1, 0.15) is 11.8 Å². The van der Waals surface area contributed by atoms with Crippen LogP contribution in [0.15, 0.2) is 18.2 Å². The summed E-state index contributed by atoms with van der Waals surface area (Å²) < 4.78 is 0. The summed E-state index contributed by atoms with van der Waals surface area (Å²) >= 11 is 0. The highest BCUT2D eigenvalue weighted by atomic mass is 16.3. The summed E-state index contributed by atoms with van der Waals surface area (Å²) in [5.41, 5.74) is 1.06. The van der Waals surface area contributed by atoms with E-state index in [1.807, 2.05) is 6.07 Å². The van der Waals surface area contributed by atoms with Crippen molar-refractivity contribution in [2.24, 2.45) is 0 Å². The first-order chi connectivity index (χ1) is 7.04. The fourth-order valence-corrected chi connectivity index (χ4v) is 1.06. The van der Waals surface area contributed by atoms with Crippen molar-refractivity contribution in [1.29, 1.82) is 5.26 Å². The van der Waals surface area contributed by atoms with E-state index in [2.05, 4.69) is 5.32 Å². The van der Waals surface area contributed by atoms with E-state index in [9.17, 15) is 9.90 Å². The Hall–Kier alpha value is -2.02. The first-order valence-corrected chi connectivity index (χ1v) is 4.54. The lowest BCUT2D eigenvalue weighted by atomic mass is 10.1. The predicted octanol–water partition coefficient (Wildman–Crippen LogP) is 1.34. The number of carbonyl (C=O) groups excluding carboxylic acids is 1. The van der Waals surface area contributed by atoms with E-state index in [1.165, 1.54) is 6.07 Å². The highest BCUT2D eigenvalue weighted by Crippen LogP contribution is 2.17. The zero-order chi connectivity index (χ0) is 11.4. The second kappa shape index (κ2) is 4.47. The minimum absolute atomic E-state index is 0.0762. The van der Waals surface area contributed by atoms with Gasteiger partial charge in [-0.15, -0.1) is 0 Å². The van der Waals surface area contributed by atoms with Crippen LogP contribution in [0.4, 0.5) is 0 Å². The number of carbonyl (C=O) groups is 1. The van der Waals surface area contributed by atoms with Crippen LogP contribution in [0.1, 0.15) is 22.8 Å². The van der Waals surface area contributed by atoms with Crippen LogP contribution in [0, 0.1) is 18.3 Å². The molecule has 4 heteroatoms. The van der Waals surface area contributed by atoms with E-state index in [-0.39, 0.29) is 11.7 Å². The average Bonchev–Trinajstić information content (AvgIpc) is 2.21. The van der Waals surface area contributed by atoms with Gasteiger partial charge < -0.3 is 10.4 Å². The Morgan fingerprint density at radius 1 is 1.60 bits per heavy atom. The molecule has 15 heavy (non-hydrogen) atoms. The van der Waals surface area contributed by atoms with Gasteiger partial charge in [0.25, 0.3) is 5.91 Å². The number of amides is 1. The van der Waals surface area contributed by atoms with Crippen molar-refractivity contribution >= 4 is 5.91 Å². The van der Waals surface area contributed by atoms with Crippen LogP contribution < -0.4 is 5.32 Å². The van der Waals surface area contributed by atoms with Gasteiger partial charge in [-0.3, -0.25) is 4.79 Å². The third-order valence-corrected chi connectivity index (χ3v) is 2.01. The molecule has 0 bridgehead atoms. The Kier molecular flexibility index (Phi) is 3.29. The minimum atomic E-state index is -0.541. The number of rotatable bonds is 2. The lowest BCUT2D eigenvalue weighted by Crippen LogP contribution is -2.31. The van der Waals surface area contributed by atoms with E-state index in [1.54, 1.807) is 26.0 Å². The number of nitriles is 1. The summed E-state index contributed by atoms with van der Waals surface area (Å²) in [6.45, 7) is 3.33. The Balaban J connectivity index is 2.84. The van der Waals surface area contributed by atoms with Gasteiger partial charge in [0.05, 0.1) is 6.07 Å². The molecule has 1 unspecified atom stereocenters. The van der Waals surface area contributed by atoms with Crippen LogP contribution >= 0.6 is 0 Å². The van der Waals surface area contributed by atoms with Crippen molar-refractivity contribution in [3.63, 3.8) is 0 Å². The van der Waals surface area contributed by atoms with Crippen molar-refractivity contribution < 1.29 is 9.90 Å². The van der Waals surface area contributed by atoms with Crippen molar-refractivity contribution in [2.45, 2.75) is 19.9 Å². The molecule has 4 nitrogen and oxygen atoms in total. The summed E-state index contributed by atoms with van der Waals surface area (Å²) in [5.74, 6) is -0.286. The molecule has 1 rings (SSSR count). The van der Waals surface area contributed by atoms with E-state index in [0.29, 0.717) is 11.1 Å². The van der Waals surface area contributed by atoms with Gasteiger partial charge in [-0.05, 0) is 31.5 Å². The molecule has 0 fully saturated rings. The lowest BCUT2D eigenvalue weighted by Gasteiger charge is -2.07. The Labute approximate surface area is 88.2 Å². The molecule has 1 aromatic rings. The molecule has 0 aliphatic carbocycles. The molecule has 1 amide bonds. The molecule has 0 aromatic heterocycles. The molecule has 78 valence electrons. The Bertz CT molecular complexity index is 421. The van der Waals surface area contributed by atoms with Crippen molar-refractivity contribution in [3.05, 3.63) is 29.3 Å². The lowest BCUT2D eigenvalue weighted by molar-refractivity contribution is 0.0947. The SMILES string of the molecule is Cc1ccc(C(=O)NC(C)C#N)cc1O. The standard InChI is InChI=1S/C11H12N2O2/c1-7-3-4-9(5-10(7)14)11(15)13-8(2)6-12/h3-5,8,14H,1-2H3,(H,13,15). The first kappa shape index (κ1) is 11.1. The number of phenolic OH excluding ortho intramolecular Hbond substituents is 1. The second-order valence-corrected chi connectivity index (χ2v) is 3.33. The third-order valence-electron chi connectivity index (χ3n) is 2.01. The highest BCUT2D eigenvalue weighted by Gasteiger charge is 2.09. The highest BCUT2D eigenvalue weighted by molar-refractivity contribution is 5.95. The number of hydrogen-bond acceptors (Lipinski definition) is 3. The fourth-order valence-electron chi connectivity index (χ4n) is 1.06. The normalized spacial score (nSPS) is 11.5. The fraction of sp³-hybridized carbons (Fsp3) is 0.273. The number of nitrogens with zero attached hydrogens (tertiary/aromatic N) is 1. The molecule has 2 N–H and O–H groups in total. The summed E-state index contributed by atoms with van der Waals surface area (Å²) in [4.78, 5) is 11.5. The average molecular weight is 204 g/mol. The van der Waals surface area contributed by atoms with Crippen molar-refractivity contribution in [2.75, 3.05) is 0 Å². The molecule has 0 aliphatic rings. The molecular weight excluding hydrogens is 192 g/mol. The second-order valence-electron chi connectivity index (χ2n) is 3.33. The Morgan fingerprint density at radius 2 is 2.27 bits per heavy atom. The summed E-state index contributed by atoms with van der Waals surface area (Å²) in [6, 6.07) is 6.00. The van der Waals surface area contributed by atoms with Crippen LogP contribution in [-0.2, 0) is 0 Å². The van der Waals surface area contributed by atoms with Crippen LogP contribution in [0.3, 0.4) is 0 Å². The molecule has 0 spiro atoms. The first-order valence-electron chi connectivity index (χ1n) is 4.54. The molecule has 0 saturated carbocycles. The van der Waals surface area contributed by atoms with Crippen molar-refractivity contribution in [1.82, 2.24) is 5.32 Å². The zero-order valence-electron chi connectivity index (χ0n) is 8.61. The van der Waals surface area contributed by atoms with E-state index in [4.69, 9.17) is 5.26 Å². The number of benzene rings is 1. The monoisotopic (exact) mass is 204 g/mol. The van der Waals surface area contributed by atoms with Gasteiger partial charge in [-0.2, -0.15) is 5.26 Å². The van der Waals surface area contributed by atoms with Crippen LogP contribution in [-0.4, -0.2) is 17.1 Å². The zero-order valence-corrected chi connectivity index (χ0v) is 8.61. The van der Waals surface area contributed by atoms with Crippen molar-refractivity contribution in [3.8, 4) is 11.8 Å². The van der Waals surface area contributed by atoms with Gasteiger partial charge in [0.15, 0.2) is 0 Å². The maximum absolute atomic E-state index is 11.5. The van der Waals surface area contributed by atoms with Crippen LogP contribution in [0.5, 0.6) is 5.75 Å². The number of phenols is 1. The van der Waals surface area contributed by atoms with Gasteiger partial charge >= 0.3 is 0 Å². The maximum atomic E-state index is 11.5. The van der Waals surface area contributed by atoms with Crippen LogP contribution in [0.2, 0.25) is 0 Å². The number of aryl methyl sites for hydroxylation is 1.